The number of phenolic OH excluding ortho intramolecular Hbond substituents is 1. The summed E-state index contributed by atoms with van der Waals surface area (Å²) in [5, 5.41) is 9.75. The molecule has 1 N–H and O–H groups in total. The van der Waals surface area contributed by atoms with Gasteiger partial charge in [0.05, 0.1) is 0 Å². The summed E-state index contributed by atoms with van der Waals surface area (Å²) in [4.78, 5) is 14.4. The Kier molecular flexibility index (Phi) is 4.75. The van der Waals surface area contributed by atoms with Crippen molar-refractivity contribution >= 4 is 12.0 Å². The lowest BCUT2D eigenvalue weighted by atomic mass is 9.91. The molecule has 0 saturated carbocycles. The van der Waals surface area contributed by atoms with Gasteiger partial charge in [-0.3, -0.25) is 4.79 Å². The Labute approximate surface area is 158 Å². The number of rotatable bonds is 3. The summed E-state index contributed by atoms with van der Waals surface area (Å²) in [7, 11) is 0. The van der Waals surface area contributed by atoms with Crippen molar-refractivity contribution in [3.63, 3.8) is 0 Å². The number of benzene rings is 2. The molecule has 0 aromatic heterocycles. The largest absolute Gasteiger partial charge is 0.504 e. The molecule has 1 spiro atoms. The molecule has 1 fully saturated rings. The number of aromatic hydroxyl groups is 1. The number of amides is 1. The quantitative estimate of drug-likeness (QED) is 0.902. The molecule has 0 radical (unpaired) electrons. The van der Waals surface area contributed by atoms with E-state index in [1.165, 1.54) is 0 Å². The topological polar surface area (TPSA) is 59.0 Å². The van der Waals surface area contributed by atoms with Crippen LogP contribution < -0.4 is 9.47 Å². The number of carbonyl (C=O) groups is 1. The van der Waals surface area contributed by atoms with E-state index in [4.69, 9.17) is 9.47 Å². The van der Waals surface area contributed by atoms with Crippen LogP contribution in [0.5, 0.6) is 17.2 Å². The number of fused-ring (bicyclic) bond motifs is 1. The molecule has 140 valence electrons. The van der Waals surface area contributed by atoms with E-state index in [2.05, 4.69) is 12.2 Å². The molecule has 5 heteroatoms. The minimum absolute atomic E-state index is 0.0412. The molecular weight excluding hydrogens is 342 g/mol. The lowest BCUT2D eigenvalue weighted by molar-refractivity contribution is -0.133. The third kappa shape index (κ3) is 3.77. The smallest absolute Gasteiger partial charge is 0.260 e. The summed E-state index contributed by atoms with van der Waals surface area (Å²) >= 11 is 0. The van der Waals surface area contributed by atoms with Crippen molar-refractivity contribution in [1.29, 1.82) is 0 Å². The second kappa shape index (κ2) is 7.35. The van der Waals surface area contributed by atoms with Crippen LogP contribution in [0.1, 0.15) is 24.8 Å². The van der Waals surface area contributed by atoms with Crippen LogP contribution in [0.25, 0.3) is 6.08 Å². The maximum absolute atomic E-state index is 12.6. The van der Waals surface area contributed by atoms with Crippen molar-refractivity contribution in [3.8, 4) is 17.2 Å². The molecule has 4 rings (SSSR count). The molecule has 2 aromatic carbocycles. The molecule has 2 aromatic rings. The molecule has 2 aliphatic rings. The molecule has 2 heterocycles. The van der Waals surface area contributed by atoms with Gasteiger partial charge in [-0.2, -0.15) is 0 Å². The van der Waals surface area contributed by atoms with Crippen molar-refractivity contribution < 1.29 is 19.4 Å². The van der Waals surface area contributed by atoms with Gasteiger partial charge in [0.2, 0.25) is 0 Å². The number of likely N-dealkylation sites (tertiary alicyclic amines) is 1. The molecule has 1 amide bonds. The van der Waals surface area contributed by atoms with E-state index in [0.29, 0.717) is 18.8 Å². The van der Waals surface area contributed by atoms with E-state index < -0.39 is 0 Å². The molecular formula is C22H23NO4. The van der Waals surface area contributed by atoms with E-state index >= 15 is 0 Å². The number of nitrogens with zero attached hydrogens (tertiary/aromatic N) is 1. The minimum Gasteiger partial charge on any atom is -0.504 e. The van der Waals surface area contributed by atoms with E-state index in [-0.39, 0.29) is 23.9 Å². The van der Waals surface area contributed by atoms with Crippen LogP contribution in [0, 0.1) is 0 Å². The van der Waals surface area contributed by atoms with Crippen molar-refractivity contribution in [2.24, 2.45) is 0 Å². The van der Waals surface area contributed by atoms with Gasteiger partial charge in [-0.05, 0) is 37.1 Å². The van der Waals surface area contributed by atoms with Crippen LogP contribution in [0.3, 0.4) is 0 Å². The fraction of sp³-hybridized carbons (Fsp3) is 0.318. The Morgan fingerprint density at radius 2 is 1.93 bits per heavy atom. The highest BCUT2D eigenvalue weighted by molar-refractivity contribution is 5.78. The van der Waals surface area contributed by atoms with E-state index in [1.54, 1.807) is 24.3 Å². The second-order valence-electron chi connectivity index (χ2n) is 7.03. The maximum atomic E-state index is 12.6. The normalized spacial score (nSPS) is 21.3. The summed E-state index contributed by atoms with van der Waals surface area (Å²) in [6.45, 7) is 1.23. The van der Waals surface area contributed by atoms with Crippen molar-refractivity contribution in [2.45, 2.75) is 24.9 Å². The van der Waals surface area contributed by atoms with Crippen LogP contribution in [-0.4, -0.2) is 41.2 Å². The summed E-state index contributed by atoms with van der Waals surface area (Å²) in [6.07, 6.45) is 6.76. The lowest BCUT2D eigenvalue weighted by Gasteiger charge is -2.34. The Morgan fingerprint density at radius 3 is 2.81 bits per heavy atom. The van der Waals surface area contributed by atoms with Gasteiger partial charge in [0.1, 0.15) is 11.4 Å². The molecule has 0 bridgehead atoms. The Bertz CT molecular complexity index is 863. The lowest BCUT2D eigenvalue weighted by Crippen LogP contribution is -2.39. The zero-order valence-electron chi connectivity index (χ0n) is 15.1. The first kappa shape index (κ1) is 17.5. The number of carbonyl (C=O) groups excluding carboxylic acids is 1. The van der Waals surface area contributed by atoms with Gasteiger partial charge in [0.15, 0.2) is 18.1 Å². The molecule has 0 unspecified atom stereocenters. The molecule has 0 aliphatic carbocycles. The van der Waals surface area contributed by atoms with Gasteiger partial charge in [-0.25, -0.2) is 0 Å². The fourth-order valence-corrected chi connectivity index (χ4v) is 3.66. The first-order chi connectivity index (χ1) is 13.2. The second-order valence-corrected chi connectivity index (χ2v) is 7.03. The molecule has 27 heavy (non-hydrogen) atoms. The van der Waals surface area contributed by atoms with E-state index in [9.17, 15) is 9.90 Å². The number of ether oxygens (including phenoxy) is 2. The average Bonchev–Trinajstić information content (AvgIpc) is 2.90. The van der Waals surface area contributed by atoms with Crippen molar-refractivity contribution in [1.82, 2.24) is 4.90 Å². The summed E-state index contributed by atoms with van der Waals surface area (Å²) in [6, 6.07) is 14.7. The summed E-state index contributed by atoms with van der Waals surface area (Å²) in [5.41, 5.74) is 0.749. The third-order valence-corrected chi connectivity index (χ3v) is 5.20. The summed E-state index contributed by atoms with van der Waals surface area (Å²) < 4.78 is 11.8. The number of hydrogen-bond acceptors (Lipinski definition) is 4. The van der Waals surface area contributed by atoms with Crippen LogP contribution in [0.15, 0.2) is 54.6 Å². The average molecular weight is 365 g/mol. The van der Waals surface area contributed by atoms with Gasteiger partial charge in [0, 0.05) is 25.1 Å². The highest BCUT2D eigenvalue weighted by atomic mass is 16.5. The van der Waals surface area contributed by atoms with Crippen LogP contribution in [0.4, 0.5) is 0 Å². The number of para-hydroxylation sites is 3. The first-order valence-corrected chi connectivity index (χ1v) is 9.31. The van der Waals surface area contributed by atoms with Gasteiger partial charge in [0.25, 0.3) is 5.91 Å². The molecule has 1 atom stereocenters. The highest BCUT2D eigenvalue weighted by Gasteiger charge is 2.35. The fourth-order valence-electron chi connectivity index (χ4n) is 3.66. The molecule has 5 nitrogen and oxygen atoms in total. The predicted octanol–water partition coefficient (Wildman–Crippen LogP) is 3.63. The minimum atomic E-state index is -0.345. The van der Waals surface area contributed by atoms with Gasteiger partial charge in [-0.15, -0.1) is 0 Å². The van der Waals surface area contributed by atoms with E-state index in [0.717, 1.165) is 30.6 Å². The standard InChI is InChI=1S/C22H23NO4/c24-18-7-2-4-9-20(18)26-16-21(25)23-14-5-11-22(13-15-23)12-10-17-6-1-3-8-19(17)27-22/h1-4,6-10,12,24H,5,11,13-16H2/t22-/m0/s1. The first-order valence-electron chi connectivity index (χ1n) is 9.31. The highest BCUT2D eigenvalue weighted by Crippen LogP contribution is 2.37. The Hall–Kier alpha value is -2.95. The molecule has 2 aliphatic heterocycles. The zero-order chi connectivity index (χ0) is 18.7. The maximum Gasteiger partial charge on any atom is 0.260 e. The summed E-state index contributed by atoms with van der Waals surface area (Å²) in [5.74, 6) is 1.20. The predicted molar refractivity (Wildman–Crippen MR) is 103 cm³/mol. The monoisotopic (exact) mass is 365 g/mol. The van der Waals surface area contributed by atoms with Crippen LogP contribution >= 0.6 is 0 Å². The van der Waals surface area contributed by atoms with Crippen LogP contribution in [-0.2, 0) is 4.79 Å². The zero-order valence-corrected chi connectivity index (χ0v) is 15.1. The molecule has 1 saturated heterocycles. The Balaban J connectivity index is 1.38. The number of hydrogen-bond donors (Lipinski definition) is 1. The van der Waals surface area contributed by atoms with E-state index in [1.807, 2.05) is 29.2 Å². The van der Waals surface area contributed by atoms with Gasteiger partial charge in [-0.1, -0.05) is 36.4 Å². The Morgan fingerprint density at radius 1 is 1.11 bits per heavy atom. The van der Waals surface area contributed by atoms with Gasteiger partial charge >= 0.3 is 0 Å². The van der Waals surface area contributed by atoms with Gasteiger partial charge < -0.3 is 19.5 Å². The van der Waals surface area contributed by atoms with Crippen LogP contribution in [0.2, 0.25) is 0 Å². The SMILES string of the molecule is O=C(COc1ccccc1O)N1CCC[C@]2(C=Cc3ccccc3O2)CC1. The van der Waals surface area contributed by atoms with Crippen molar-refractivity contribution in [2.75, 3.05) is 19.7 Å². The van der Waals surface area contributed by atoms with Crippen molar-refractivity contribution in [3.05, 3.63) is 60.2 Å². The third-order valence-electron chi connectivity index (χ3n) is 5.20. The number of phenols is 1.